The molecule has 1 heterocycles. The Hall–Kier alpha value is -2.46. The Bertz CT molecular complexity index is 603. The van der Waals surface area contributed by atoms with E-state index in [1.807, 2.05) is 0 Å². The molecule has 1 amide bonds. The van der Waals surface area contributed by atoms with Crippen LogP contribution in [0.25, 0.3) is 5.69 Å². The van der Waals surface area contributed by atoms with Gasteiger partial charge in [-0.2, -0.15) is 5.26 Å². The molecule has 0 bridgehead atoms. The van der Waals surface area contributed by atoms with Crippen LogP contribution in [0, 0.1) is 11.3 Å². The van der Waals surface area contributed by atoms with E-state index in [1.165, 1.54) is 11.0 Å². The molecule has 0 unspecified atom stereocenters. The number of nitrogens with one attached hydrogen (secondary N) is 1. The van der Waals surface area contributed by atoms with Crippen molar-refractivity contribution in [2.45, 2.75) is 6.42 Å². The van der Waals surface area contributed by atoms with E-state index in [9.17, 15) is 4.79 Å². The maximum atomic E-state index is 11.3. The van der Waals surface area contributed by atoms with Gasteiger partial charge in [0.05, 0.1) is 22.5 Å². The lowest BCUT2D eigenvalue weighted by Gasteiger charge is -2.07. The van der Waals surface area contributed by atoms with Crippen molar-refractivity contribution < 1.29 is 4.79 Å². The highest BCUT2D eigenvalue weighted by Gasteiger charge is 2.07. The third-order valence-electron chi connectivity index (χ3n) is 2.08. The van der Waals surface area contributed by atoms with Gasteiger partial charge in [0.25, 0.3) is 0 Å². The van der Waals surface area contributed by atoms with Crippen molar-refractivity contribution >= 4 is 23.2 Å². The quantitative estimate of drug-likeness (QED) is 0.895. The van der Waals surface area contributed by atoms with Gasteiger partial charge in [0.15, 0.2) is 0 Å². The van der Waals surface area contributed by atoms with Gasteiger partial charge in [-0.15, -0.1) is 5.10 Å². The molecule has 1 N–H and O–H groups in total. The molecule has 0 saturated carbocycles. The molecule has 0 atom stereocenters. The number of tetrazole rings is 1. The summed E-state index contributed by atoms with van der Waals surface area (Å²) in [4.78, 5) is 11.3. The molecular formula is C10H7ClN6O. The van der Waals surface area contributed by atoms with E-state index >= 15 is 0 Å². The monoisotopic (exact) mass is 262 g/mol. The number of hydrogen-bond donors (Lipinski definition) is 1. The lowest BCUT2D eigenvalue weighted by atomic mass is 10.2. The van der Waals surface area contributed by atoms with Gasteiger partial charge in [-0.25, -0.2) is 4.68 Å². The summed E-state index contributed by atoms with van der Waals surface area (Å²) in [5.41, 5.74) is 1.06. The molecule has 1 aromatic carbocycles. The second kappa shape index (κ2) is 5.25. The third-order valence-corrected chi connectivity index (χ3v) is 2.41. The van der Waals surface area contributed by atoms with Crippen LogP contribution in [0.4, 0.5) is 5.69 Å². The molecule has 0 spiro atoms. The lowest BCUT2D eigenvalue weighted by molar-refractivity contribution is -0.115. The van der Waals surface area contributed by atoms with Crippen molar-refractivity contribution in [2.24, 2.45) is 0 Å². The van der Waals surface area contributed by atoms with Gasteiger partial charge in [0.2, 0.25) is 5.91 Å². The van der Waals surface area contributed by atoms with Crippen molar-refractivity contribution in [3.05, 3.63) is 29.5 Å². The molecule has 0 radical (unpaired) electrons. The van der Waals surface area contributed by atoms with Crippen molar-refractivity contribution in [1.82, 2.24) is 20.2 Å². The number of nitrogens with zero attached hydrogens (tertiary/aromatic N) is 5. The molecular weight excluding hydrogens is 256 g/mol. The van der Waals surface area contributed by atoms with Crippen LogP contribution in [0.3, 0.4) is 0 Å². The maximum Gasteiger partial charge on any atom is 0.238 e. The van der Waals surface area contributed by atoms with Crippen LogP contribution in [-0.4, -0.2) is 26.1 Å². The fourth-order valence-corrected chi connectivity index (χ4v) is 1.46. The van der Waals surface area contributed by atoms with Crippen LogP contribution in [0.2, 0.25) is 5.02 Å². The molecule has 18 heavy (non-hydrogen) atoms. The van der Waals surface area contributed by atoms with Gasteiger partial charge >= 0.3 is 0 Å². The number of halogens is 1. The van der Waals surface area contributed by atoms with Gasteiger partial charge in [-0.3, -0.25) is 4.79 Å². The Morgan fingerprint density at radius 2 is 2.39 bits per heavy atom. The minimum Gasteiger partial charge on any atom is -0.324 e. The van der Waals surface area contributed by atoms with Crippen LogP contribution in [0.15, 0.2) is 24.5 Å². The summed E-state index contributed by atoms with van der Waals surface area (Å²) in [6, 6.07) is 6.69. The molecule has 1 aromatic heterocycles. The Kier molecular flexibility index (Phi) is 3.50. The van der Waals surface area contributed by atoms with E-state index < -0.39 is 5.91 Å². The number of carbonyl (C=O) groups excluding carboxylic acids is 1. The number of carbonyl (C=O) groups is 1. The van der Waals surface area contributed by atoms with E-state index in [0.29, 0.717) is 16.4 Å². The average molecular weight is 263 g/mol. The van der Waals surface area contributed by atoms with E-state index in [4.69, 9.17) is 16.9 Å². The van der Waals surface area contributed by atoms with Crippen LogP contribution in [-0.2, 0) is 4.79 Å². The molecule has 2 aromatic rings. The Morgan fingerprint density at radius 1 is 1.56 bits per heavy atom. The summed E-state index contributed by atoms with van der Waals surface area (Å²) < 4.78 is 1.43. The molecule has 8 heteroatoms. The zero-order valence-corrected chi connectivity index (χ0v) is 9.79. The fraction of sp³-hybridized carbons (Fsp3) is 0.100. The minimum absolute atomic E-state index is 0.231. The second-order valence-corrected chi connectivity index (χ2v) is 3.71. The van der Waals surface area contributed by atoms with Crippen molar-refractivity contribution in [2.75, 3.05) is 5.32 Å². The van der Waals surface area contributed by atoms with Crippen LogP contribution >= 0.6 is 11.6 Å². The minimum atomic E-state index is -0.423. The molecule has 0 saturated heterocycles. The van der Waals surface area contributed by atoms with Crippen LogP contribution in [0.1, 0.15) is 6.42 Å². The first-order valence-electron chi connectivity index (χ1n) is 4.90. The fourth-order valence-electron chi connectivity index (χ4n) is 1.30. The summed E-state index contributed by atoms with van der Waals surface area (Å²) in [7, 11) is 0. The van der Waals surface area contributed by atoms with Gasteiger partial charge < -0.3 is 5.32 Å². The summed E-state index contributed by atoms with van der Waals surface area (Å²) in [6.45, 7) is 0. The van der Waals surface area contributed by atoms with E-state index in [0.717, 1.165) is 0 Å². The van der Waals surface area contributed by atoms with Crippen molar-refractivity contribution in [1.29, 1.82) is 5.26 Å². The van der Waals surface area contributed by atoms with E-state index in [2.05, 4.69) is 20.8 Å². The summed E-state index contributed by atoms with van der Waals surface area (Å²) in [6.07, 6.45) is 1.19. The average Bonchev–Trinajstić information content (AvgIpc) is 2.86. The van der Waals surface area contributed by atoms with Gasteiger partial charge in [0.1, 0.15) is 12.7 Å². The van der Waals surface area contributed by atoms with Gasteiger partial charge in [-0.05, 0) is 28.6 Å². The summed E-state index contributed by atoms with van der Waals surface area (Å²) >= 11 is 5.94. The van der Waals surface area contributed by atoms with E-state index in [-0.39, 0.29) is 6.42 Å². The van der Waals surface area contributed by atoms with E-state index in [1.54, 1.807) is 24.3 Å². The number of amides is 1. The van der Waals surface area contributed by atoms with Crippen LogP contribution in [0.5, 0.6) is 0 Å². The Morgan fingerprint density at radius 3 is 3.06 bits per heavy atom. The molecule has 90 valence electrons. The second-order valence-electron chi connectivity index (χ2n) is 3.30. The Balaban J connectivity index is 2.28. The summed E-state index contributed by atoms with van der Waals surface area (Å²) in [5.74, 6) is -0.423. The van der Waals surface area contributed by atoms with Gasteiger partial charge in [-0.1, -0.05) is 11.6 Å². The maximum absolute atomic E-state index is 11.3. The topological polar surface area (TPSA) is 96.5 Å². The summed E-state index contributed by atoms with van der Waals surface area (Å²) in [5, 5.41) is 22.1. The standard InChI is InChI=1S/C10H7ClN6O/c11-8-2-1-7(17-6-13-15-16-17)5-9(8)14-10(18)3-4-12/h1-2,5-6H,3H2,(H,14,18). The molecule has 0 aliphatic rings. The third kappa shape index (κ3) is 2.61. The SMILES string of the molecule is N#CCC(=O)Nc1cc(-n2cnnn2)ccc1Cl. The van der Waals surface area contributed by atoms with Crippen LogP contribution < -0.4 is 5.32 Å². The number of anilines is 1. The number of nitriles is 1. The normalized spacial score (nSPS) is 9.78. The number of hydrogen-bond acceptors (Lipinski definition) is 5. The highest BCUT2D eigenvalue weighted by Crippen LogP contribution is 2.24. The molecule has 0 aliphatic carbocycles. The highest BCUT2D eigenvalue weighted by molar-refractivity contribution is 6.33. The van der Waals surface area contributed by atoms with Crippen molar-refractivity contribution in [3.63, 3.8) is 0 Å². The smallest absolute Gasteiger partial charge is 0.238 e. The largest absolute Gasteiger partial charge is 0.324 e. The zero-order valence-electron chi connectivity index (χ0n) is 9.04. The zero-order chi connectivity index (χ0) is 13.0. The first-order chi connectivity index (χ1) is 8.70. The Labute approximate surface area is 107 Å². The predicted molar refractivity (Wildman–Crippen MR) is 63.0 cm³/mol. The van der Waals surface area contributed by atoms with Crippen molar-refractivity contribution in [3.8, 4) is 11.8 Å². The first-order valence-corrected chi connectivity index (χ1v) is 5.28. The molecule has 0 fully saturated rings. The highest BCUT2D eigenvalue weighted by atomic mass is 35.5. The van der Waals surface area contributed by atoms with Gasteiger partial charge in [0, 0.05) is 0 Å². The number of aromatic nitrogens is 4. The number of benzene rings is 1. The molecule has 7 nitrogen and oxygen atoms in total. The molecule has 2 rings (SSSR count). The first kappa shape index (κ1) is 12.0. The lowest BCUT2D eigenvalue weighted by Crippen LogP contribution is -2.11. The molecule has 0 aliphatic heterocycles. The predicted octanol–water partition coefficient (Wildman–Crippen LogP) is 1.17. The number of rotatable bonds is 3.